The Morgan fingerprint density at radius 2 is 1.92 bits per heavy atom. The van der Waals surface area contributed by atoms with E-state index in [-0.39, 0.29) is 34.5 Å². The molecule has 1 aliphatic carbocycles. The van der Waals surface area contributed by atoms with Crippen molar-refractivity contribution in [3.05, 3.63) is 23.3 Å². The molecule has 1 unspecified atom stereocenters. The normalized spacial score (nSPS) is 19.3. The minimum Gasteiger partial charge on any atom is -0.508 e. The molecule has 1 aromatic rings. The quantitative estimate of drug-likeness (QED) is 0.642. The Kier molecular flexibility index (Phi) is 2.83. The van der Waals surface area contributed by atoms with Crippen LogP contribution in [-0.2, 0) is 12.8 Å². The van der Waals surface area contributed by atoms with Crippen molar-refractivity contribution in [2.75, 3.05) is 0 Å². The second kappa shape index (κ2) is 3.55. The lowest BCUT2D eigenvalue weighted by atomic mass is 10.1. The van der Waals surface area contributed by atoms with Gasteiger partial charge in [0, 0.05) is 12.1 Å². The van der Waals surface area contributed by atoms with E-state index in [0.29, 0.717) is 6.42 Å². The molecule has 0 radical (unpaired) electrons. The summed E-state index contributed by atoms with van der Waals surface area (Å²) in [5.74, 6) is 0.276. The molecule has 1 aromatic carbocycles. The van der Waals surface area contributed by atoms with Crippen LogP contribution in [0.25, 0.3) is 0 Å². The average molecular weight is 246 g/mol. The molecule has 4 N–H and O–H groups in total. The molecule has 1 aliphatic rings. The molecule has 0 heterocycles. The van der Waals surface area contributed by atoms with Gasteiger partial charge >= 0.3 is 0 Å². The minimum atomic E-state index is 0. The van der Waals surface area contributed by atoms with Crippen LogP contribution in [0.3, 0.4) is 0 Å². The molecule has 0 spiro atoms. The fourth-order valence-corrected chi connectivity index (χ4v) is 1.73. The maximum Gasteiger partial charge on any atom is 0.122 e. The molecule has 0 fully saturated rings. The van der Waals surface area contributed by atoms with Crippen molar-refractivity contribution >= 4 is 17.0 Å². The molecule has 2 rings (SSSR count). The third-order valence-electron chi connectivity index (χ3n) is 2.25. The highest BCUT2D eigenvalue weighted by atomic mass is 79.9. The van der Waals surface area contributed by atoms with Gasteiger partial charge in [0.15, 0.2) is 0 Å². The molecule has 0 aromatic heterocycles. The molecule has 1 atom stereocenters. The van der Waals surface area contributed by atoms with E-state index in [9.17, 15) is 5.11 Å². The molecule has 0 amide bonds. The molecule has 0 saturated heterocycles. The van der Waals surface area contributed by atoms with Crippen LogP contribution < -0.4 is 5.73 Å². The van der Waals surface area contributed by atoms with Gasteiger partial charge in [-0.05, 0) is 30.0 Å². The summed E-state index contributed by atoms with van der Waals surface area (Å²) >= 11 is 0. The Hall–Kier alpha value is -0.740. The van der Waals surface area contributed by atoms with Gasteiger partial charge in [-0.3, -0.25) is 0 Å². The van der Waals surface area contributed by atoms with E-state index < -0.39 is 0 Å². The van der Waals surface area contributed by atoms with Crippen LogP contribution in [0.15, 0.2) is 12.1 Å². The van der Waals surface area contributed by atoms with Gasteiger partial charge in [0.05, 0.1) is 0 Å². The third-order valence-corrected chi connectivity index (χ3v) is 2.25. The Bertz CT molecular complexity index is 328. The Labute approximate surface area is 87.0 Å². The van der Waals surface area contributed by atoms with Gasteiger partial charge in [0.1, 0.15) is 11.5 Å². The van der Waals surface area contributed by atoms with Crippen LogP contribution in [0.4, 0.5) is 0 Å². The van der Waals surface area contributed by atoms with E-state index in [4.69, 9.17) is 10.8 Å². The summed E-state index contributed by atoms with van der Waals surface area (Å²) in [6, 6.07) is 3.12. The number of hydrogen-bond acceptors (Lipinski definition) is 3. The van der Waals surface area contributed by atoms with Crippen LogP contribution >= 0.6 is 17.0 Å². The number of aromatic hydroxyl groups is 2. The van der Waals surface area contributed by atoms with E-state index in [1.807, 2.05) is 0 Å². The number of benzene rings is 1. The predicted octanol–water partition coefficient (Wildman–Crippen LogP) is 1.10. The van der Waals surface area contributed by atoms with Gasteiger partial charge in [0.25, 0.3) is 0 Å². The zero-order valence-electron chi connectivity index (χ0n) is 7.03. The molecule has 4 heteroatoms. The fourth-order valence-electron chi connectivity index (χ4n) is 1.73. The molecule has 0 saturated carbocycles. The highest BCUT2D eigenvalue weighted by molar-refractivity contribution is 8.93. The summed E-state index contributed by atoms with van der Waals surface area (Å²) in [5, 5.41) is 18.6. The molecule has 3 nitrogen and oxygen atoms in total. The summed E-state index contributed by atoms with van der Waals surface area (Å²) in [5.41, 5.74) is 7.57. The Balaban J connectivity index is 0.000000845. The number of rotatable bonds is 0. The van der Waals surface area contributed by atoms with Crippen molar-refractivity contribution in [3.63, 3.8) is 0 Å². The fraction of sp³-hybridized carbons (Fsp3) is 0.333. The second-order valence-corrected chi connectivity index (χ2v) is 3.27. The van der Waals surface area contributed by atoms with Crippen molar-refractivity contribution < 1.29 is 10.2 Å². The first-order valence-corrected chi connectivity index (χ1v) is 3.96. The smallest absolute Gasteiger partial charge is 0.122 e. The summed E-state index contributed by atoms with van der Waals surface area (Å²) in [4.78, 5) is 0. The van der Waals surface area contributed by atoms with Crippen LogP contribution in [0.1, 0.15) is 11.1 Å². The minimum absolute atomic E-state index is 0. The number of phenolic OH excluding ortho intramolecular Hbond substituents is 2. The van der Waals surface area contributed by atoms with Gasteiger partial charge < -0.3 is 15.9 Å². The Morgan fingerprint density at radius 3 is 2.62 bits per heavy atom. The number of phenols is 2. The standard InChI is InChI=1S/C9H11NO2.BrH/c10-6-1-5-2-7(11)4-9(12)8(5)3-6;/h2,4,6,11-12H,1,3,10H2;1H. The lowest BCUT2D eigenvalue weighted by Crippen LogP contribution is -2.19. The first kappa shape index (κ1) is 10.3. The monoisotopic (exact) mass is 245 g/mol. The lowest BCUT2D eigenvalue weighted by molar-refractivity contribution is 0.446. The van der Waals surface area contributed by atoms with Crippen molar-refractivity contribution in [1.29, 1.82) is 0 Å². The van der Waals surface area contributed by atoms with Crippen molar-refractivity contribution in [1.82, 2.24) is 0 Å². The maximum atomic E-state index is 9.41. The topological polar surface area (TPSA) is 66.5 Å². The lowest BCUT2D eigenvalue weighted by Gasteiger charge is -2.02. The summed E-state index contributed by atoms with van der Waals surface area (Å²) in [6.07, 6.45) is 1.46. The van der Waals surface area contributed by atoms with Crippen LogP contribution in [0.2, 0.25) is 0 Å². The highest BCUT2D eigenvalue weighted by Crippen LogP contribution is 2.32. The average Bonchev–Trinajstić information content (AvgIpc) is 2.29. The first-order valence-electron chi connectivity index (χ1n) is 3.96. The third kappa shape index (κ3) is 1.78. The van der Waals surface area contributed by atoms with Crippen molar-refractivity contribution in [3.8, 4) is 11.5 Å². The van der Waals surface area contributed by atoms with E-state index >= 15 is 0 Å². The van der Waals surface area contributed by atoms with E-state index in [1.54, 1.807) is 6.07 Å². The number of fused-ring (bicyclic) bond motifs is 1. The second-order valence-electron chi connectivity index (χ2n) is 3.27. The van der Waals surface area contributed by atoms with Gasteiger partial charge in [-0.1, -0.05) is 0 Å². The van der Waals surface area contributed by atoms with E-state index in [2.05, 4.69) is 0 Å². The molecule has 72 valence electrons. The number of hydrogen-bond donors (Lipinski definition) is 3. The molecule has 0 aliphatic heterocycles. The van der Waals surface area contributed by atoms with Gasteiger partial charge in [0.2, 0.25) is 0 Å². The zero-order chi connectivity index (χ0) is 8.72. The largest absolute Gasteiger partial charge is 0.508 e. The molecular formula is C9H12BrNO2. The van der Waals surface area contributed by atoms with Crippen molar-refractivity contribution in [2.45, 2.75) is 18.9 Å². The maximum absolute atomic E-state index is 9.41. The number of nitrogens with two attached hydrogens (primary N) is 1. The van der Waals surface area contributed by atoms with Gasteiger partial charge in [-0.25, -0.2) is 0 Å². The van der Waals surface area contributed by atoms with Crippen LogP contribution in [0.5, 0.6) is 11.5 Å². The molecule has 13 heavy (non-hydrogen) atoms. The number of halogens is 1. The van der Waals surface area contributed by atoms with E-state index in [0.717, 1.165) is 17.5 Å². The Morgan fingerprint density at radius 1 is 1.23 bits per heavy atom. The van der Waals surface area contributed by atoms with Crippen LogP contribution in [0, 0.1) is 0 Å². The predicted molar refractivity (Wildman–Crippen MR) is 55.5 cm³/mol. The summed E-state index contributed by atoms with van der Waals surface area (Å²) in [7, 11) is 0. The summed E-state index contributed by atoms with van der Waals surface area (Å²) in [6.45, 7) is 0. The zero-order valence-corrected chi connectivity index (χ0v) is 8.74. The van der Waals surface area contributed by atoms with E-state index in [1.165, 1.54) is 6.07 Å². The SMILES string of the molecule is Br.NC1Cc2cc(O)cc(O)c2C1. The van der Waals surface area contributed by atoms with Crippen molar-refractivity contribution in [2.24, 2.45) is 5.73 Å². The van der Waals surface area contributed by atoms with Crippen LogP contribution in [-0.4, -0.2) is 16.3 Å². The highest BCUT2D eigenvalue weighted by Gasteiger charge is 2.21. The molecule has 0 bridgehead atoms. The van der Waals surface area contributed by atoms with Gasteiger partial charge in [-0.15, -0.1) is 17.0 Å². The van der Waals surface area contributed by atoms with Gasteiger partial charge in [-0.2, -0.15) is 0 Å². The summed E-state index contributed by atoms with van der Waals surface area (Å²) < 4.78 is 0. The first-order chi connectivity index (χ1) is 5.66. The molecular weight excluding hydrogens is 234 g/mol.